The lowest BCUT2D eigenvalue weighted by Crippen LogP contribution is -2.27. The lowest BCUT2D eigenvalue weighted by atomic mass is 10.1. The smallest absolute Gasteiger partial charge is 0.272 e. The summed E-state index contributed by atoms with van der Waals surface area (Å²) in [7, 11) is 0. The summed E-state index contributed by atoms with van der Waals surface area (Å²) < 4.78 is 6.36. The maximum absolute atomic E-state index is 12.8. The molecular formula is C22H16N2O4S2. The molecule has 0 saturated carbocycles. The van der Waals surface area contributed by atoms with Gasteiger partial charge in [-0.05, 0) is 36.8 Å². The highest BCUT2D eigenvalue weighted by molar-refractivity contribution is 8.26. The molecule has 0 radical (unpaired) electrons. The van der Waals surface area contributed by atoms with Gasteiger partial charge in [0.15, 0.2) is 0 Å². The van der Waals surface area contributed by atoms with Crippen molar-refractivity contribution in [2.45, 2.75) is 13.5 Å². The van der Waals surface area contributed by atoms with Crippen LogP contribution in [0.4, 0.5) is 5.69 Å². The molecule has 1 aromatic heterocycles. The van der Waals surface area contributed by atoms with Crippen LogP contribution in [-0.4, -0.2) is 20.1 Å². The van der Waals surface area contributed by atoms with Gasteiger partial charge >= 0.3 is 0 Å². The Morgan fingerprint density at radius 2 is 1.93 bits per heavy atom. The zero-order valence-electron chi connectivity index (χ0n) is 15.9. The minimum atomic E-state index is -0.413. The minimum Gasteiger partial charge on any atom is -0.457 e. The number of hydrogen-bond acceptors (Lipinski definition) is 6. The summed E-state index contributed by atoms with van der Waals surface area (Å²) in [5.41, 5.74) is 2.35. The summed E-state index contributed by atoms with van der Waals surface area (Å²) in [6.07, 6.45) is 1.67. The van der Waals surface area contributed by atoms with Crippen LogP contribution >= 0.6 is 24.0 Å². The average molecular weight is 437 g/mol. The summed E-state index contributed by atoms with van der Waals surface area (Å²) in [4.78, 5) is 25.4. The molecule has 1 fully saturated rings. The first-order chi connectivity index (χ1) is 14.4. The number of benzene rings is 2. The first kappa shape index (κ1) is 20.1. The van der Waals surface area contributed by atoms with E-state index >= 15 is 0 Å². The van der Waals surface area contributed by atoms with E-state index in [1.165, 1.54) is 17.8 Å². The number of hydrogen-bond donors (Lipinski definition) is 0. The van der Waals surface area contributed by atoms with Gasteiger partial charge in [-0.15, -0.1) is 0 Å². The molecule has 3 aromatic rings. The summed E-state index contributed by atoms with van der Waals surface area (Å²) in [6.45, 7) is 2.11. The van der Waals surface area contributed by atoms with E-state index in [1.807, 2.05) is 30.3 Å². The molecular weight excluding hydrogens is 420 g/mol. The van der Waals surface area contributed by atoms with Gasteiger partial charge in [0.05, 0.1) is 16.4 Å². The number of nitrogens with zero attached hydrogens (tertiary/aromatic N) is 2. The molecule has 0 atom stereocenters. The predicted molar refractivity (Wildman–Crippen MR) is 121 cm³/mol. The normalized spacial score (nSPS) is 15.2. The zero-order chi connectivity index (χ0) is 21.3. The minimum absolute atomic E-state index is 0.0626. The Balaban J connectivity index is 1.54. The zero-order valence-corrected chi connectivity index (χ0v) is 17.5. The molecule has 30 heavy (non-hydrogen) atoms. The van der Waals surface area contributed by atoms with Crippen molar-refractivity contribution < 1.29 is 14.1 Å². The van der Waals surface area contributed by atoms with Crippen LogP contribution in [-0.2, 0) is 11.3 Å². The largest absolute Gasteiger partial charge is 0.457 e. The molecule has 1 amide bonds. The molecule has 0 aliphatic carbocycles. The number of aryl methyl sites for hydroxylation is 1. The van der Waals surface area contributed by atoms with Crippen LogP contribution in [0.2, 0.25) is 0 Å². The van der Waals surface area contributed by atoms with Crippen molar-refractivity contribution in [2.75, 3.05) is 0 Å². The average Bonchev–Trinajstić information content (AvgIpc) is 3.29. The number of furan rings is 1. The van der Waals surface area contributed by atoms with E-state index in [9.17, 15) is 14.9 Å². The van der Waals surface area contributed by atoms with E-state index in [4.69, 9.17) is 16.6 Å². The van der Waals surface area contributed by atoms with E-state index in [-0.39, 0.29) is 11.6 Å². The van der Waals surface area contributed by atoms with Crippen molar-refractivity contribution in [3.05, 3.63) is 92.6 Å². The number of rotatable bonds is 5. The molecule has 2 aromatic carbocycles. The highest BCUT2D eigenvalue weighted by atomic mass is 32.2. The highest BCUT2D eigenvalue weighted by Crippen LogP contribution is 2.35. The van der Waals surface area contributed by atoms with Gasteiger partial charge in [-0.1, -0.05) is 54.3 Å². The first-order valence-corrected chi connectivity index (χ1v) is 10.3. The summed E-state index contributed by atoms with van der Waals surface area (Å²) in [6, 6.07) is 18.0. The van der Waals surface area contributed by atoms with E-state index in [0.717, 1.165) is 11.1 Å². The van der Waals surface area contributed by atoms with E-state index in [2.05, 4.69) is 0 Å². The molecule has 4 rings (SSSR count). The lowest BCUT2D eigenvalue weighted by molar-refractivity contribution is -0.385. The van der Waals surface area contributed by atoms with Crippen LogP contribution in [0.5, 0.6) is 0 Å². The summed E-state index contributed by atoms with van der Waals surface area (Å²) >= 11 is 6.62. The second-order valence-electron chi connectivity index (χ2n) is 6.71. The monoisotopic (exact) mass is 436 g/mol. The molecule has 0 N–H and O–H groups in total. The standard InChI is InChI=1S/C22H16N2O4S2/c1-14-11-16(7-9-18(14)24(26)27)19-10-8-17(28-19)12-20-21(25)23(22(29)30-20)13-15-5-3-2-4-6-15/h2-12H,13H2,1H3. The number of amides is 1. The third-order valence-electron chi connectivity index (χ3n) is 4.64. The van der Waals surface area contributed by atoms with Gasteiger partial charge in [0.1, 0.15) is 15.8 Å². The Morgan fingerprint density at radius 1 is 1.17 bits per heavy atom. The second kappa shape index (κ2) is 8.25. The lowest BCUT2D eigenvalue weighted by Gasteiger charge is -2.14. The number of nitro benzene ring substituents is 1. The van der Waals surface area contributed by atoms with Crippen LogP contribution in [0.15, 0.2) is 70.0 Å². The Hall–Kier alpha value is -3.23. The number of nitro groups is 1. The molecule has 150 valence electrons. The molecule has 6 nitrogen and oxygen atoms in total. The maximum atomic E-state index is 12.8. The van der Waals surface area contributed by atoms with Crippen molar-refractivity contribution in [1.82, 2.24) is 4.90 Å². The second-order valence-corrected chi connectivity index (χ2v) is 8.39. The SMILES string of the molecule is Cc1cc(-c2ccc(C=C3SC(=S)N(Cc4ccccc4)C3=O)o2)ccc1[N+](=O)[O-]. The van der Waals surface area contributed by atoms with Crippen molar-refractivity contribution in [3.63, 3.8) is 0 Å². The van der Waals surface area contributed by atoms with Crippen LogP contribution in [0.1, 0.15) is 16.9 Å². The molecule has 1 aliphatic rings. The number of carbonyl (C=O) groups excluding carboxylic acids is 1. The van der Waals surface area contributed by atoms with Crippen LogP contribution in [0.3, 0.4) is 0 Å². The van der Waals surface area contributed by atoms with Crippen LogP contribution in [0.25, 0.3) is 17.4 Å². The van der Waals surface area contributed by atoms with Gasteiger partial charge in [-0.2, -0.15) is 0 Å². The molecule has 0 bridgehead atoms. The fourth-order valence-electron chi connectivity index (χ4n) is 3.13. The number of thiocarbonyl (C=S) groups is 1. The molecule has 2 heterocycles. The fourth-order valence-corrected chi connectivity index (χ4v) is 4.37. The number of carbonyl (C=O) groups is 1. The quantitative estimate of drug-likeness (QED) is 0.225. The maximum Gasteiger partial charge on any atom is 0.272 e. The Kier molecular flexibility index (Phi) is 5.52. The van der Waals surface area contributed by atoms with Gasteiger partial charge in [-0.3, -0.25) is 19.8 Å². The number of thioether (sulfide) groups is 1. The van der Waals surface area contributed by atoms with E-state index in [1.54, 1.807) is 42.2 Å². The molecule has 8 heteroatoms. The van der Waals surface area contributed by atoms with Crippen LogP contribution < -0.4 is 0 Å². The van der Waals surface area contributed by atoms with Crippen molar-refractivity contribution in [1.29, 1.82) is 0 Å². The van der Waals surface area contributed by atoms with Gasteiger partial charge in [-0.25, -0.2) is 0 Å². The van der Waals surface area contributed by atoms with Crippen molar-refractivity contribution >= 4 is 46.0 Å². The third-order valence-corrected chi connectivity index (χ3v) is 6.01. The van der Waals surface area contributed by atoms with Gasteiger partial charge in [0.25, 0.3) is 11.6 Å². The van der Waals surface area contributed by atoms with E-state index in [0.29, 0.717) is 32.9 Å². The molecule has 0 spiro atoms. The predicted octanol–water partition coefficient (Wildman–Crippen LogP) is 5.56. The van der Waals surface area contributed by atoms with Crippen molar-refractivity contribution in [3.8, 4) is 11.3 Å². The third kappa shape index (κ3) is 4.05. The van der Waals surface area contributed by atoms with Gasteiger partial charge < -0.3 is 4.42 Å². The van der Waals surface area contributed by atoms with Crippen molar-refractivity contribution in [2.24, 2.45) is 0 Å². The molecule has 1 aliphatic heterocycles. The van der Waals surface area contributed by atoms with Gasteiger partial charge in [0.2, 0.25) is 0 Å². The summed E-state index contributed by atoms with van der Waals surface area (Å²) in [5.74, 6) is 0.929. The fraction of sp³-hybridized carbons (Fsp3) is 0.0909. The molecule has 0 unspecified atom stereocenters. The summed E-state index contributed by atoms with van der Waals surface area (Å²) in [5, 5.41) is 11.0. The van der Waals surface area contributed by atoms with Crippen LogP contribution in [0, 0.1) is 17.0 Å². The Morgan fingerprint density at radius 3 is 2.63 bits per heavy atom. The topological polar surface area (TPSA) is 76.6 Å². The Labute approximate surface area is 182 Å². The first-order valence-electron chi connectivity index (χ1n) is 9.07. The van der Waals surface area contributed by atoms with Gasteiger partial charge in [0, 0.05) is 23.3 Å². The van der Waals surface area contributed by atoms with E-state index < -0.39 is 4.92 Å². The Bertz CT molecular complexity index is 1180. The molecule has 1 saturated heterocycles. The highest BCUT2D eigenvalue weighted by Gasteiger charge is 2.32.